The summed E-state index contributed by atoms with van der Waals surface area (Å²) in [6.45, 7) is 2.33. The highest BCUT2D eigenvalue weighted by Crippen LogP contribution is 2.48. The van der Waals surface area contributed by atoms with Gasteiger partial charge in [-0.1, -0.05) is 6.07 Å². The van der Waals surface area contributed by atoms with Crippen molar-refractivity contribution in [3.8, 4) is 5.75 Å². The topological polar surface area (TPSA) is 26.3 Å². The van der Waals surface area contributed by atoms with Crippen molar-refractivity contribution < 1.29 is 9.09 Å². The molecule has 0 radical (unpaired) electrons. The van der Waals surface area contributed by atoms with Crippen LogP contribution in [0.4, 0.5) is 0 Å². The Morgan fingerprint density at radius 2 is 1.69 bits per heavy atom. The van der Waals surface area contributed by atoms with Crippen LogP contribution in [0.15, 0.2) is 18.2 Å². The Morgan fingerprint density at radius 1 is 1.23 bits per heavy atom. The van der Waals surface area contributed by atoms with Gasteiger partial charge in [0.05, 0.1) is 0 Å². The van der Waals surface area contributed by atoms with E-state index in [1.165, 1.54) is 6.66 Å². The summed E-state index contributed by atoms with van der Waals surface area (Å²) in [7, 11) is 0. The van der Waals surface area contributed by atoms with Crippen LogP contribution in [0.2, 0.25) is 0 Å². The quantitative estimate of drug-likeness (QED) is 0.707. The third-order valence-corrected chi connectivity index (χ3v) is 2.21. The van der Waals surface area contributed by atoms with E-state index < -0.39 is 6.72 Å². The Morgan fingerprint density at radius 3 is 2.08 bits per heavy atom. The number of hydrogen-bond acceptors (Lipinski definition) is 2. The van der Waals surface area contributed by atoms with Crippen LogP contribution in [0.3, 0.4) is 0 Å². The predicted octanol–water partition coefficient (Wildman–Crippen LogP) is 3.74. The van der Waals surface area contributed by atoms with Gasteiger partial charge in [-0.15, -0.1) is 0 Å². The van der Waals surface area contributed by atoms with E-state index in [4.69, 9.17) is 15.8 Å². The van der Waals surface area contributed by atoms with Crippen LogP contribution < -0.4 is 4.52 Å². The molecule has 2 nitrogen and oxygen atoms in total. The zero-order valence-corrected chi connectivity index (χ0v) is 9.52. The third-order valence-electron chi connectivity index (χ3n) is 1.46. The molecule has 0 saturated carbocycles. The van der Waals surface area contributed by atoms with Gasteiger partial charge in [0.15, 0.2) is 0 Å². The van der Waals surface area contributed by atoms with Crippen LogP contribution in [0.1, 0.15) is 11.1 Å². The summed E-state index contributed by atoms with van der Waals surface area (Å²) in [5.74, 6) is 0.568. The van der Waals surface area contributed by atoms with Gasteiger partial charge in [-0.2, -0.15) is 0 Å². The maximum absolute atomic E-state index is 11.1. The fourth-order valence-electron chi connectivity index (χ4n) is 1.17. The van der Waals surface area contributed by atoms with Crippen LogP contribution in [-0.4, -0.2) is 6.66 Å². The monoisotopic (exact) mass is 218 g/mol. The molecule has 0 saturated heterocycles. The summed E-state index contributed by atoms with van der Waals surface area (Å²) < 4.78 is 16.2. The maximum Gasteiger partial charge on any atom is 0.333 e. The van der Waals surface area contributed by atoms with Crippen molar-refractivity contribution in [1.82, 2.24) is 0 Å². The van der Waals surface area contributed by atoms with Crippen LogP contribution in [0.25, 0.3) is 0 Å². The van der Waals surface area contributed by atoms with Crippen molar-refractivity contribution in [2.45, 2.75) is 13.8 Å². The average Bonchev–Trinajstić information content (AvgIpc) is 1.78. The normalized spacial score (nSPS) is 15.1. The number of halogens is 1. The molecule has 4 heteroatoms. The van der Waals surface area contributed by atoms with Gasteiger partial charge in [0.25, 0.3) is 0 Å². The van der Waals surface area contributed by atoms with E-state index in [-0.39, 0.29) is 0 Å². The molecule has 72 valence electrons. The van der Waals surface area contributed by atoms with Gasteiger partial charge in [-0.25, -0.2) is 0 Å². The van der Waals surface area contributed by atoms with Gasteiger partial charge >= 0.3 is 6.72 Å². The molecular formula is C9H12ClO2P. The molecule has 0 heterocycles. The molecule has 13 heavy (non-hydrogen) atoms. The molecule has 1 rings (SSSR count). The molecule has 1 unspecified atom stereocenters. The molecule has 0 fully saturated rings. The van der Waals surface area contributed by atoms with E-state index in [0.717, 1.165) is 11.1 Å². The lowest BCUT2D eigenvalue weighted by atomic mass is 10.1. The van der Waals surface area contributed by atoms with Gasteiger partial charge < -0.3 is 4.52 Å². The van der Waals surface area contributed by atoms with Crippen LogP contribution >= 0.6 is 18.0 Å². The molecule has 0 N–H and O–H groups in total. The second kappa shape index (κ2) is 3.73. The van der Waals surface area contributed by atoms with Crippen molar-refractivity contribution in [3.05, 3.63) is 29.3 Å². The Balaban J connectivity index is 2.96. The Hall–Kier alpha value is -0.460. The second-order valence-corrected chi connectivity index (χ2v) is 6.68. The van der Waals surface area contributed by atoms with E-state index in [9.17, 15) is 4.57 Å². The van der Waals surface area contributed by atoms with Gasteiger partial charge in [0, 0.05) is 6.66 Å². The van der Waals surface area contributed by atoms with Crippen LogP contribution in [0, 0.1) is 13.8 Å². The van der Waals surface area contributed by atoms with Crippen molar-refractivity contribution in [2.24, 2.45) is 0 Å². The smallest absolute Gasteiger partial charge is 0.333 e. The van der Waals surface area contributed by atoms with Gasteiger partial charge in [-0.05, 0) is 48.3 Å². The first-order chi connectivity index (χ1) is 5.87. The minimum atomic E-state index is -2.96. The van der Waals surface area contributed by atoms with E-state index in [1.54, 1.807) is 0 Å². The molecule has 0 aliphatic rings. The summed E-state index contributed by atoms with van der Waals surface area (Å²) in [5, 5.41) is 0. The molecule has 0 aliphatic carbocycles. The molecule has 0 spiro atoms. The number of rotatable bonds is 2. The van der Waals surface area contributed by atoms with Crippen molar-refractivity contribution in [2.75, 3.05) is 6.66 Å². The lowest BCUT2D eigenvalue weighted by Gasteiger charge is -2.09. The van der Waals surface area contributed by atoms with Crippen LogP contribution in [0.5, 0.6) is 5.75 Å². The third kappa shape index (κ3) is 3.84. The summed E-state index contributed by atoms with van der Waals surface area (Å²) >= 11 is 5.51. The van der Waals surface area contributed by atoms with Gasteiger partial charge in [-0.3, -0.25) is 4.57 Å². The SMILES string of the molecule is Cc1cc(C)cc(OP(C)(=O)Cl)c1. The zero-order valence-electron chi connectivity index (χ0n) is 7.87. The van der Waals surface area contributed by atoms with Crippen molar-refractivity contribution in [3.63, 3.8) is 0 Å². The van der Waals surface area contributed by atoms with E-state index in [0.29, 0.717) is 5.75 Å². The summed E-state index contributed by atoms with van der Waals surface area (Å²) in [6.07, 6.45) is 0. The zero-order chi connectivity index (χ0) is 10.1. The van der Waals surface area contributed by atoms with Crippen molar-refractivity contribution in [1.29, 1.82) is 0 Å². The lowest BCUT2D eigenvalue weighted by molar-refractivity contribution is 0.503. The minimum Gasteiger partial charge on any atom is -0.433 e. The first kappa shape index (κ1) is 10.6. The fourth-order valence-corrected chi connectivity index (χ4v) is 1.89. The first-order valence-corrected chi connectivity index (χ1v) is 6.89. The molecule has 0 amide bonds. The predicted molar refractivity (Wildman–Crippen MR) is 55.9 cm³/mol. The summed E-state index contributed by atoms with van der Waals surface area (Å²) in [6, 6.07) is 5.64. The number of benzene rings is 1. The lowest BCUT2D eigenvalue weighted by Crippen LogP contribution is -1.86. The molecule has 1 aromatic carbocycles. The fraction of sp³-hybridized carbons (Fsp3) is 0.333. The molecular weight excluding hydrogens is 207 g/mol. The highest BCUT2D eigenvalue weighted by atomic mass is 35.7. The molecule has 1 atom stereocenters. The minimum absolute atomic E-state index is 0.568. The van der Waals surface area contributed by atoms with E-state index >= 15 is 0 Å². The standard InChI is InChI=1S/C9H12ClO2P/c1-7-4-8(2)6-9(5-7)12-13(3,10)11/h4-6H,1-3H3. The molecule has 0 bridgehead atoms. The van der Waals surface area contributed by atoms with Crippen molar-refractivity contribution >= 4 is 18.0 Å². The average molecular weight is 219 g/mol. The Kier molecular flexibility index (Phi) is 3.05. The first-order valence-electron chi connectivity index (χ1n) is 3.92. The molecule has 0 aliphatic heterocycles. The molecule has 0 aromatic heterocycles. The Labute approximate surface area is 83.1 Å². The number of hydrogen-bond donors (Lipinski definition) is 0. The van der Waals surface area contributed by atoms with Crippen LogP contribution in [-0.2, 0) is 4.57 Å². The Bertz CT molecular complexity index is 336. The van der Waals surface area contributed by atoms with E-state index in [1.807, 2.05) is 32.0 Å². The van der Waals surface area contributed by atoms with Gasteiger partial charge in [0.1, 0.15) is 5.75 Å². The summed E-state index contributed by atoms with van der Waals surface area (Å²) in [4.78, 5) is 0. The highest BCUT2D eigenvalue weighted by molar-refractivity contribution is 7.85. The largest absolute Gasteiger partial charge is 0.433 e. The highest BCUT2D eigenvalue weighted by Gasteiger charge is 2.12. The molecule has 1 aromatic rings. The second-order valence-electron chi connectivity index (χ2n) is 3.16. The van der Waals surface area contributed by atoms with E-state index in [2.05, 4.69) is 0 Å². The maximum atomic E-state index is 11.1. The summed E-state index contributed by atoms with van der Waals surface area (Å²) in [5.41, 5.74) is 2.14. The van der Waals surface area contributed by atoms with Gasteiger partial charge in [0.2, 0.25) is 0 Å². The number of aryl methyl sites for hydroxylation is 2.